The zero-order chi connectivity index (χ0) is 12.8. The van der Waals surface area contributed by atoms with Crippen molar-refractivity contribution in [2.75, 3.05) is 19.0 Å². The van der Waals surface area contributed by atoms with Gasteiger partial charge in [0.15, 0.2) is 0 Å². The number of hydrogen-bond donors (Lipinski definition) is 2. The van der Waals surface area contributed by atoms with E-state index in [4.69, 9.17) is 9.84 Å². The van der Waals surface area contributed by atoms with Crippen LogP contribution in [0.15, 0.2) is 18.2 Å². The second-order valence-corrected chi connectivity index (χ2v) is 3.80. The summed E-state index contributed by atoms with van der Waals surface area (Å²) < 4.78 is 18.1. The Bertz CT molecular complexity index is 395. The lowest BCUT2D eigenvalue weighted by molar-refractivity contribution is -0.141. The number of halogens is 1. The van der Waals surface area contributed by atoms with Crippen LogP contribution in [0.1, 0.15) is 13.3 Å². The molecule has 0 aromatic heterocycles. The Morgan fingerprint density at radius 3 is 2.88 bits per heavy atom. The standard InChI is InChI=1S/C12H16FNO3/c1-8(12(15)16)5-6-14-10-7-9(13)3-4-11(10)17-2/h3-4,7-8,14H,5-6H2,1-2H3,(H,15,16). The van der Waals surface area contributed by atoms with Crippen molar-refractivity contribution in [2.24, 2.45) is 5.92 Å². The number of aliphatic carboxylic acids is 1. The number of nitrogens with one attached hydrogen (secondary N) is 1. The Morgan fingerprint density at radius 2 is 2.29 bits per heavy atom. The van der Waals surface area contributed by atoms with E-state index in [2.05, 4.69) is 5.32 Å². The van der Waals surface area contributed by atoms with E-state index in [1.807, 2.05) is 0 Å². The molecule has 2 N–H and O–H groups in total. The predicted octanol–water partition coefficient (Wildman–Crippen LogP) is 2.36. The fourth-order valence-electron chi connectivity index (χ4n) is 1.37. The van der Waals surface area contributed by atoms with Crippen molar-refractivity contribution >= 4 is 11.7 Å². The lowest BCUT2D eigenvalue weighted by atomic mass is 10.1. The van der Waals surface area contributed by atoms with Gasteiger partial charge in [0.05, 0.1) is 18.7 Å². The Labute approximate surface area is 99.4 Å². The Morgan fingerprint density at radius 1 is 1.59 bits per heavy atom. The maximum absolute atomic E-state index is 13.0. The summed E-state index contributed by atoms with van der Waals surface area (Å²) in [6.07, 6.45) is 0.467. The van der Waals surface area contributed by atoms with Crippen LogP contribution in [0.25, 0.3) is 0 Å². The molecule has 0 amide bonds. The van der Waals surface area contributed by atoms with E-state index in [0.717, 1.165) is 0 Å². The van der Waals surface area contributed by atoms with Crippen molar-refractivity contribution in [1.29, 1.82) is 0 Å². The summed E-state index contributed by atoms with van der Waals surface area (Å²) in [5.41, 5.74) is 0.532. The first-order chi connectivity index (χ1) is 8.04. The van der Waals surface area contributed by atoms with Crippen molar-refractivity contribution in [3.8, 4) is 5.75 Å². The number of hydrogen-bond acceptors (Lipinski definition) is 3. The van der Waals surface area contributed by atoms with Gasteiger partial charge in [0.2, 0.25) is 0 Å². The zero-order valence-corrected chi connectivity index (χ0v) is 9.87. The highest BCUT2D eigenvalue weighted by molar-refractivity contribution is 5.69. The molecule has 1 unspecified atom stereocenters. The number of ether oxygens (including phenoxy) is 1. The molecule has 4 nitrogen and oxygen atoms in total. The van der Waals surface area contributed by atoms with Crippen LogP contribution < -0.4 is 10.1 Å². The molecule has 5 heteroatoms. The molecule has 17 heavy (non-hydrogen) atoms. The van der Waals surface area contributed by atoms with Crippen LogP contribution in [-0.4, -0.2) is 24.7 Å². The van der Waals surface area contributed by atoms with Gasteiger partial charge in [0, 0.05) is 12.6 Å². The fourth-order valence-corrected chi connectivity index (χ4v) is 1.37. The van der Waals surface area contributed by atoms with Gasteiger partial charge in [-0.3, -0.25) is 4.79 Å². The minimum absolute atomic E-state index is 0.361. The first-order valence-corrected chi connectivity index (χ1v) is 5.34. The first kappa shape index (κ1) is 13.3. The average molecular weight is 241 g/mol. The molecule has 0 aliphatic carbocycles. The first-order valence-electron chi connectivity index (χ1n) is 5.34. The van der Waals surface area contributed by atoms with Crippen LogP contribution in [0.4, 0.5) is 10.1 Å². The van der Waals surface area contributed by atoms with Gasteiger partial charge in [-0.05, 0) is 18.6 Å². The third-order valence-corrected chi connectivity index (χ3v) is 2.48. The highest BCUT2D eigenvalue weighted by Crippen LogP contribution is 2.24. The number of methoxy groups -OCH3 is 1. The summed E-state index contributed by atoms with van der Waals surface area (Å²) in [7, 11) is 1.50. The van der Waals surface area contributed by atoms with E-state index >= 15 is 0 Å². The summed E-state index contributed by atoms with van der Waals surface area (Å²) in [6.45, 7) is 2.08. The molecule has 0 radical (unpaired) electrons. The molecule has 0 fully saturated rings. The zero-order valence-electron chi connectivity index (χ0n) is 9.87. The molecule has 0 bridgehead atoms. The van der Waals surface area contributed by atoms with E-state index in [1.54, 1.807) is 6.92 Å². The predicted molar refractivity (Wildman–Crippen MR) is 62.9 cm³/mol. The van der Waals surface area contributed by atoms with Crippen LogP contribution in [-0.2, 0) is 4.79 Å². The van der Waals surface area contributed by atoms with Crippen LogP contribution in [0, 0.1) is 11.7 Å². The van der Waals surface area contributed by atoms with Gasteiger partial charge in [0.1, 0.15) is 11.6 Å². The molecule has 1 rings (SSSR count). The van der Waals surface area contributed by atoms with Crippen molar-refractivity contribution < 1.29 is 19.0 Å². The summed E-state index contributed by atoms with van der Waals surface area (Å²) in [5, 5.41) is 11.7. The monoisotopic (exact) mass is 241 g/mol. The van der Waals surface area contributed by atoms with Crippen LogP contribution in [0.2, 0.25) is 0 Å². The van der Waals surface area contributed by atoms with Crippen LogP contribution in [0.3, 0.4) is 0 Å². The van der Waals surface area contributed by atoms with Crippen molar-refractivity contribution in [2.45, 2.75) is 13.3 Å². The van der Waals surface area contributed by atoms with Gasteiger partial charge in [0.25, 0.3) is 0 Å². The number of carboxylic acids is 1. The number of carboxylic acid groups (broad SMARTS) is 1. The third-order valence-electron chi connectivity index (χ3n) is 2.48. The normalized spacial score (nSPS) is 11.9. The number of rotatable bonds is 6. The Hall–Kier alpha value is -1.78. The smallest absolute Gasteiger partial charge is 0.306 e. The second-order valence-electron chi connectivity index (χ2n) is 3.80. The van der Waals surface area contributed by atoms with Gasteiger partial charge in [-0.15, -0.1) is 0 Å². The largest absolute Gasteiger partial charge is 0.495 e. The lowest BCUT2D eigenvalue weighted by Crippen LogP contribution is -2.14. The quantitative estimate of drug-likeness (QED) is 0.802. The van der Waals surface area contributed by atoms with Crippen LogP contribution in [0.5, 0.6) is 5.75 Å². The van der Waals surface area contributed by atoms with E-state index in [1.165, 1.54) is 25.3 Å². The maximum Gasteiger partial charge on any atom is 0.306 e. The SMILES string of the molecule is COc1ccc(F)cc1NCCC(C)C(=O)O. The minimum Gasteiger partial charge on any atom is -0.495 e. The summed E-state index contributed by atoms with van der Waals surface area (Å²) in [4.78, 5) is 10.6. The Balaban J connectivity index is 2.56. The van der Waals surface area contributed by atoms with E-state index < -0.39 is 11.9 Å². The van der Waals surface area contributed by atoms with Gasteiger partial charge in [-0.2, -0.15) is 0 Å². The highest BCUT2D eigenvalue weighted by atomic mass is 19.1. The van der Waals surface area contributed by atoms with E-state index in [0.29, 0.717) is 24.4 Å². The molecular weight excluding hydrogens is 225 g/mol. The molecule has 0 heterocycles. The van der Waals surface area contributed by atoms with Crippen molar-refractivity contribution in [1.82, 2.24) is 0 Å². The molecule has 0 saturated carbocycles. The fraction of sp³-hybridized carbons (Fsp3) is 0.417. The molecule has 0 saturated heterocycles. The molecule has 1 aromatic carbocycles. The Kier molecular flexibility index (Phi) is 4.75. The maximum atomic E-state index is 13.0. The molecule has 94 valence electrons. The van der Waals surface area contributed by atoms with Gasteiger partial charge in [-0.25, -0.2) is 4.39 Å². The molecule has 1 aromatic rings. The van der Waals surface area contributed by atoms with Crippen molar-refractivity contribution in [3.63, 3.8) is 0 Å². The third kappa shape index (κ3) is 3.94. The number of carbonyl (C=O) groups is 1. The minimum atomic E-state index is -0.835. The van der Waals surface area contributed by atoms with Crippen LogP contribution >= 0.6 is 0 Å². The molecule has 0 spiro atoms. The summed E-state index contributed by atoms with van der Waals surface area (Å²) >= 11 is 0. The lowest BCUT2D eigenvalue weighted by Gasteiger charge is -2.12. The van der Waals surface area contributed by atoms with Crippen molar-refractivity contribution in [3.05, 3.63) is 24.0 Å². The van der Waals surface area contributed by atoms with E-state index in [9.17, 15) is 9.18 Å². The molecule has 0 aliphatic heterocycles. The summed E-state index contributed by atoms with van der Waals surface area (Å²) in [5.74, 6) is -1.09. The van der Waals surface area contributed by atoms with E-state index in [-0.39, 0.29) is 5.82 Å². The number of benzene rings is 1. The number of anilines is 1. The van der Waals surface area contributed by atoms with Gasteiger partial charge in [-0.1, -0.05) is 6.92 Å². The van der Waals surface area contributed by atoms with Gasteiger partial charge < -0.3 is 15.2 Å². The molecule has 0 aliphatic rings. The molecule has 1 atom stereocenters. The molecular formula is C12H16FNO3. The topological polar surface area (TPSA) is 58.6 Å². The van der Waals surface area contributed by atoms with Gasteiger partial charge >= 0.3 is 5.97 Å². The second kappa shape index (κ2) is 6.08. The highest BCUT2D eigenvalue weighted by Gasteiger charge is 2.10. The summed E-state index contributed by atoms with van der Waals surface area (Å²) in [6, 6.07) is 4.16. The average Bonchev–Trinajstić information content (AvgIpc) is 2.29.